The number of aliphatic hydroxyl groups excluding tert-OH is 1. The van der Waals surface area contributed by atoms with Crippen molar-refractivity contribution in [2.24, 2.45) is 5.92 Å². The Bertz CT molecular complexity index is 614. The molecule has 0 spiro atoms. The summed E-state index contributed by atoms with van der Waals surface area (Å²) in [6.45, 7) is 0.158. The lowest BCUT2D eigenvalue weighted by molar-refractivity contribution is 0.261. The lowest BCUT2D eigenvalue weighted by Gasteiger charge is -2.30. The number of halogens is 1. The summed E-state index contributed by atoms with van der Waals surface area (Å²) in [7, 11) is -0.751. The van der Waals surface area contributed by atoms with Crippen molar-refractivity contribution in [1.82, 2.24) is 4.31 Å². The average Bonchev–Trinajstić information content (AvgIpc) is 2.41. The Hall–Kier alpha value is -0.820. The van der Waals surface area contributed by atoms with Gasteiger partial charge in [-0.05, 0) is 30.9 Å². The first-order valence-electron chi connectivity index (χ1n) is 6.83. The molecular weight excluding hydrogens is 314 g/mol. The lowest BCUT2D eigenvalue weighted by Crippen LogP contribution is -2.34. The minimum atomic E-state index is -3.70. The number of benzene rings is 1. The molecule has 0 heterocycles. The highest BCUT2D eigenvalue weighted by Crippen LogP contribution is 2.35. The molecule has 0 aliphatic heterocycles. The van der Waals surface area contributed by atoms with Gasteiger partial charge in [0, 0.05) is 24.2 Å². The fraction of sp³-hybridized carbons (Fsp3) is 0.571. The molecule has 0 amide bonds. The van der Waals surface area contributed by atoms with Crippen LogP contribution >= 0.6 is 11.6 Å². The second-order valence-corrected chi connectivity index (χ2v) is 7.79. The normalized spacial score (nSPS) is 16.0. The van der Waals surface area contributed by atoms with E-state index >= 15 is 0 Å². The third-order valence-corrected chi connectivity index (χ3v) is 5.95. The van der Waals surface area contributed by atoms with Crippen LogP contribution in [-0.4, -0.2) is 38.5 Å². The summed E-state index contributed by atoms with van der Waals surface area (Å²) in [4.78, 5) is 0.00312. The molecule has 1 N–H and O–H groups in total. The Morgan fingerprint density at radius 2 is 2.10 bits per heavy atom. The number of nitrogens with zero attached hydrogens (tertiary/aromatic N) is 1. The van der Waals surface area contributed by atoms with Gasteiger partial charge in [0.25, 0.3) is 0 Å². The van der Waals surface area contributed by atoms with E-state index in [1.807, 2.05) is 0 Å². The Kier molecular flexibility index (Phi) is 5.14. The van der Waals surface area contributed by atoms with Gasteiger partial charge in [0.05, 0.1) is 13.7 Å². The van der Waals surface area contributed by atoms with Crippen LogP contribution in [-0.2, 0) is 16.6 Å². The van der Waals surface area contributed by atoms with Gasteiger partial charge < -0.3 is 9.84 Å². The molecule has 0 unspecified atom stereocenters. The van der Waals surface area contributed by atoms with Crippen LogP contribution in [0.1, 0.15) is 24.8 Å². The molecule has 0 radical (unpaired) electrons. The smallest absolute Gasteiger partial charge is 0.246 e. The molecule has 0 bridgehead atoms. The maximum absolute atomic E-state index is 12.7. The van der Waals surface area contributed by atoms with Gasteiger partial charge >= 0.3 is 0 Å². The number of rotatable bonds is 6. The molecule has 21 heavy (non-hydrogen) atoms. The van der Waals surface area contributed by atoms with Crippen LogP contribution in [0.5, 0.6) is 5.75 Å². The molecule has 1 aliphatic carbocycles. The second kappa shape index (κ2) is 6.52. The van der Waals surface area contributed by atoms with Crippen LogP contribution in [0.4, 0.5) is 0 Å². The van der Waals surface area contributed by atoms with Crippen molar-refractivity contribution in [3.8, 4) is 5.75 Å². The molecule has 0 saturated heterocycles. The number of ether oxygens (including phenoxy) is 1. The van der Waals surface area contributed by atoms with E-state index in [1.54, 1.807) is 7.05 Å². The zero-order chi connectivity index (χ0) is 15.6. The molecule has 0 aromatic heterocycles. The molecule has 118 valence electrons. The number of hydrogen-bond acceptors (Lipinski definition) is 4. The van der Waals surface area contributed by atoms with Gasteiger partial charge in [-0.3, -0.25) is 0 Å². The van der Waals surface area contributed by atoms with Crippen LogP contribution < -0.4 is 4.74 Å². The van der Waals surface area contributed by atoms with Crippen LogP contribution in [0, 0.1) is 5.92 Å². The Labute approximate surface area is 130 Å². The van der Waals surface area contributed by atoms with Crippen molar-refractivity contribution in [1.29, 1.82) is 0 Å². The van der Waals surface area contributed by atoms with Crippen LogP contribution in [0.3, 0.4) is 0 Å². The van der Waals surface area contributed by atoms with E-state index < -0.39 is 10.0 Å². The number of aliphatic hydroxyl groups is 1. The first-order chi connectivity index (χ1) is 9.90. The van der Waals surface area contributed by atoms with Crippen molar-refractivity contribution >= 4 is 21.6 Å². The summed E-state index contributed by atoms with van der Waals surface area (Å²) in [5, 5.41) is 9.61. The van der Waals surface area contributed by atoms with Crippen LogP contribution in [0.2, 0.25) is 5.02 Å². The predicted octanol–water partition coefficient (Wildman–Crippen LogP) is 2.26. The van der Waals surface area contributed by atoms with Gasteiger partial charge in [-0.15, -0.1) is 0 Å². The molecule has 1 saturated carbocycles. The van der Waals surface area contributed by atoms with E-state index in [0.29, 0.717) is 18.0 Å². The van der Waals surface area contributed by atoms with Crippen molar-refractivity contribution in [2.75, 3.05) is 20.7 Å². The summed E-state index contributed by atoms with van der Waals surface area (Å²) in [5.74, 6) is 0.578. The highest BCUT2D eigenvalue weighted by Gasteiger charge is 2.30. The molecule has 1 aromatic carbocycles. The minimum Gasteiger partial charge on any atom is -0.495 e. The molecular formula is C14H20ClNO4S. The molecule has 2 rings (SSSR count). The third kappa shape index (κ3) is 3.34. The van der Waals surface area contributed by atoms with Crippen molar-refractivity contribution in [3.63, 3.8) is 0 Å². The summed E-state index contributed by atoms with van der Waals surface area (Å²) in [5.41, 5.74) is 0.362. The highest BCUT2D eigenvalue weighted by molar-refractivity contribution is 7.89. The van der Waals surface area contributed by atoms with E-state index in [-0.39, 0.29) is 22.3 Å². The maximum Gasteiger partial charge on any atom is 0.246 e. The summed E-state index contributed by atoms with van der Waals surface area (Å²) in [6.07, 6.45) is 3.29. The SMILES string of the molecule is COc1c(CO)cc(Cl)cc1S(=O)(=O)N(C)CC1CCC1. The zero-order valence-electron chi connectivity index (χ0n) is 12.2. The molecule has 1 aromatic rings. The van der Waals surface area contributed by atoms with Crippen molar-refractivity contribution < 1.29 is 18.3 Å². The number of sulfonamides is 1. The van der Waals surface area contributed by atoms with Crippen LogP contribution in [0.15, 0.2) is 17.0 Å². The topological polar surface area (TPSA) is 66.8 Å². The minimum absolute atomic E-state index is 0.00312. The first kappa shape index (κ1) is 16.5. The highest BCUT2D eigenvalue weighted by atomic mass is 35.5. The van der Waals surface area contributed by atoms with E-state index in [0.717, 1.165) is 19.3 Å². The van der Waals surface area contributed by atoms with Gasteiger partial charge in [-0.25, -0.2) is 12.7 Å². The molecule has 1 fully saturated rings. The summed E-state index contributed by atoms with van der Waals surface area (Å²) in [6, 6.07) is 2.87. The van der Waals surface area contributed by atoms with Gasteiger partial charge in [0.15, 0.2) is 0 Å². The van der Waals surface area contributed by atoms with Gasteiger partial charge in [-0.1, -0.05) is 18.0 Å². The molecule has 5 nitrogen and oxygen atoms in total. The van der Waals surface area contributed by atoms with E-state index in [2.05, 4.69) is 0 Å². The quantitative estimate of drug-likeness (QED) is 0.867. The number of methoxy groups -OCH3 is 1. The monoisotopic (exact) mass is 333 g/mol. The van der Waals surface area contributed by atoms with E-state index in [1.165, 1.54) is 23.5 Å². The fourth-order valence-corrected chi connectivity index (χ4v) is 4.24. The first-order valence-corrected chi connectivity index (χ1v) is 8.65. The Balaban J connectivity index is 2.40. The van der Waals surface area contributed by atoms with Crippen molar-refractivity contribution in [3.05, 3.63) is 22.7 Å². The lowest BCUT2D eigenvalue weighted by atomic mass is 9.86. The largest absolute Gasteiger partial charge is 0.495 e. The second-order valence-electron chi connectivity index (χ2n) is 5.34. The van der Waals surface area contributed by atoms with Gasteiger partial charge in [0.1, 0.15) is 10.6 Å². The summed E-state index contributed by atoms with van der Waals surface area (Å²) < 4.78 is 31.9. The Morgan fingerprint density at radius 3 is 2.57 bits per heavy atom. The Morgan fingerprint density at radius 1 is 1.43 bits per heavy atom. The molecule has 0 atom stereocenters. The van der Waals surface area contributed by atoms with Gasteiger partial charge in [-0.2, -0.15) is 0 Å². The maximum atomic E-state index is 12.7. The third-order valence-electron chi connectivity index (χ3n) is 3.90. The van der Waals surface area contributed by atoms with E-state index in [4.69, 9.17) is 16.3 Å². The zero-order valence-corrected chi connectivity index (χ0v) is 13.7. The molecule has 7 heteroatoms. The standard InChI is InChI=1S/C14H20ClNO4S/c1-16(8-10-4-3-5-10)21(18,19)13-7-12(15)6-11(9-17)14(13)20-2/h6-7,10,17H,3-5,8-9H2,1-2H3. The summed E-state index contributed by atoms with van der Waals surface area (Å²) >= 11 is 5.96. The predicted molar refractivity (Wildman–Crippen MR) is 81.1 cm³/mol. The van der Waals surface area contributed by atoms with Crippen LogP contribution in [0.25, 0.3) is 0 Å². The average molecular weight is 334 g/mol. The van der Waals surface area contributed by atoms with Gasteiger partial charge in [0.2, 0.25) is 10.0 Å². The van der Waals surface area contributed by atoms with E-state index in [9.17, 15) is 13.5 Å². The number of hydrogen-bond donors (Lipinski definition) is 1. The van der Waals surface area contributed by atoms with Crippen molar-refractivity contribution in [2.45, 2.75) is 30.8 Å². The fourth-order valence-electron chi connectivity index (χ4n) is 2.47. The molecule has 1 aliphatic rings.